The smallest absolute Gasteiger partial charge is 0.131 e. The first-order valence-electron chi connectivity index (χ1n) is 5.61. The van der Waals surface area contributed by atoms with E-state index in [0.717, 1.165) is 4.47 Å². The van der Waals surface area contributed by atoms with Crippen molar-refractivity contribution < 1.29 is 13.5 Å². The number of anilines is 1. The molecule has 2 rings (SSSR count). The van der Waals surface area contributed by atoms with E-state index in [9.17, 15) is 8.78 Å². The van der Waals surface area contributed by atoms with Crippen molar-refractivity contribution in [3.63, 3.8) is 0 Å². The molecule has 0 heterocycles. The zero-order chi connectivity index (χ0) is 13.8. The van der Waals surface area contributed by atoms with Crippen molar-refractivity contribution in [1.82, 2.24) is 0 Å². The first-order chi connectivity index (χ1) is 9.10. The maximum Gasteiger partial charge on any atom is 0.131 e. The van der Waals surface area contributed by atoms with E-state index in [1.54, 1.807) is 18.2 Å². The molecule has 0 spiro atoms. The normalized spacial score (nSPS) is 10.3. The van der Waals surface area contributed by atoms with Crippen LogP contribution in [0.1, 0.15) is 5.56 Å². The lowest BCUT2D eigenvalue weighted by molar-refractivity contribution is 0.411. The molecule has 0 aliphatic carbocycles. The maximum atomic E-state index is 13.7. The van der Waals surface area contributed by atoms with Crippen molar-refractivity contribution in [2.75, 3.05) is 12.4 Å². The van der Waals surface area contributed by atoms with E-state index in [0.29, 0.717) is 17.0 Å². The quantitative estimate of drug-likeness (QED) is 0.901. The van der Waals surface area contributed by atoms with Gasteiger partial charge in [-0.05, 0) is 40.2 Å². The molecule has 0 aliphatic rings. The highest BCUT2D eigenvalue weighted by molar-refractivity contribution is 9.10. The lowest BCUT2D eigenvalue weighted by Gasteiger charge is -2.10. The van der Waals surface area contributed by atoms with Crippen LogP contribution in [0.5, 0.6) is 5.75 Å². The molecule has 5 heteroatoms. The minimum Gasteiger partial charge on any atom is -0.497 e. The van der Waals surface area contributed by atoms with E-state index in [-0.39, 0.29) is 18.2 Å². The number of hydrogen-bond donors (Lipinski definition) is 1. The minimum atomic E-state index is -0.362. The Morgan fingerprint density at radius 1 is 1.16 bits per heavy atom. The van der Waals surface area contributed by atoms with Crippen molar-refractivity contribution in [1.29, 1.82) is 0 Å². The Hall–Kier alpha value is -1.62. The lowest BCUT2D eigenvalue weighted by atomic mass is 10.2. The van der Waals surface area contributed by atoms with Crippen LogP contribution in [0.3, 0.4) is 0 Å². The highest BCUT2D eigenvalue weighted by Gasteiger charge is 2.06. The molecule has 100 valence electrons. The monoisotopic (exact) mass is 327 g/mol. The van der Waals surface area contributed by atoms with E-state index in [1.165, 1.54) is 25.3 Å². The Labute approximate surface area is 118 Å². The summed E-state index contributed by atoms with van der Waals surface area (Å²) in [6.45, 7) is 0.262. The lowest BCUT2D eigenvalue weighted by Crippen LogP contribution is -2.03. The molecule has 2 aromatic rings. The first-order valence-corrected chi connectivity index (χ1v) is 6.41. The van der Waals surface area contributed by atoms with Gasteiger partial charge in [0.25, 0.3) is 0 Å². The standard InChI is InChI=1S/C14H12BrF2NO/c1-19-11-4-2-9(13(17)7-11)8-18-14-6-10(16)3-5-12(14)15/h2-7,18H,8H2,1H3. The number of methoxy groups -OCH3 is 1. The average Bonchev–Trinajstić information content (AvgIpc) is 2.40. The Balaban J connectivity index is 2.12. The molecule has 1 N–H and O–H groups in total. The molecule has 0 fully saturated rings. The zero-order valence-electron chi connectivity index (χ0n) is 10.2. The second-order valence-electron chi connectivity index (χ2n) is 3.94. The summed E-state index contributed by atoms with van der Waals surface area (Å²) < 4.78 is 32.5. The van der Waals surface area contributed by atoms with Gasteiger partial charge in [0.15, 0.2) is 0 Å². The molecule has 0 saturated heterocycles. The molecule has 0 atom stereocenters. The van der Waals surface area contributed by atoms with E-state index in [4.69, 9.17) is 4.74 Å². The third-order valence-corrected chi connectivity index (χ3v) is 3.35. The van der Waals surface area contributed by atoms with Gasteiger partial charge in [0.05, 0.1) is 12.8 Å². The van der Waals surface area contributed by atoms with Crippen molar-refractivity contribution in [3.05, 3.63) is 58.1 Å². The van der Waals surface area contributed by atoms with Gasteiger partial charge in [0.1, 0.15) is 17.4 Å². The number of hydrogen-bond acceptors (Lipinski definition) is 2. The Kier molecular flexibility index (Phi) is 4.37. The van der Waals surface area contributed by atoms with Crippen molar-refractivity contribution in [3.8, 4) is 5.75 Å². The molecule has 2 nitrogen and oxygen atoms in total. The molecule has 0 unspecified atom stereocenters. The van der Waals surface area contributed by atoms with Crippen molar-refractivity contribution in [2.24, 2.45) is 0 Å². The molecule has 0 bridgehead atoms. The van der Waals surface area contributed by atoms with Gasteiger partial charge >= 0.3 is 0 Å². The highest BCUT2D eigenvalue weighted by atomic mass is 79.9. The molecule has 0 saturated carbocycles. The molecular formula is C14H12BrF2NO. The van der Waals surface area contributed by atoms with Gasteiger partial charge < -0.3 is 10.1 Å². The molecule has 0 aliphatic heterocycles. The summed E-state index contributed by atoms with van der Waals surface area (Å²) in [6, 6.07) is 8.93. The van der Waals surface area contributed by atoms with Crippen LogP contribution < -0.4 is 10.1 Å². The van der Waals surface area contributed by atoms with Crippen LogP contribution in [-0.4, -0.2) is 7.11 Å². The molecular weight excluding hydrogens is 316 g/mol. The van der Waals surface area contributed by atoms with Gasteiger partial charge in [-0.25, -0.2) is 8.78 Å². The zero-order valence-corrected chi connectivity index (χ0v) is 11.8. The fourth-order valence-electron chi connectivity index (χ4n) is 1.62. The van der Waals surface area contributed by atoms with E-state index in [1.807, 2.05) is 0 Å². The summed E-state index contributed by atoms with van der Waals surface area (Å²) in [7, 11) is 1.48. The second-order valence-corrected chi connectivity index (χ2v) is 4.79. The topological polar surface area (TPSA) is 21.3 Å². The molecule has 0 amide bonds. The summed E-state index contributed by atoms with van der Waals surface area (Å²) >= 11 is 3.30. The predicted molar refractivity (Wildman–Crippen MR) is 74.4 cm³/mol. The van der Waals surface area contributed by atoms with Gasteiger partial charge in [0.2, 0.25) is 0 Å². The van der Waals surface area contributed by atoms with Gasteiger partial charge in [-0.2, -0.15) is 0 Å². The molecule has 0 aromatic heterocycles. The second kappa shape index (κ2) is 6.02. The van der Waals surface area contributed by atoms with Crippen molar-refractivity contribution in [2.45, 2.75) is 6.54 Å². The fraction of sp³-hybridized carbons (Fsp3) is 0.143. The van der Waals surface area contributed by atoms with E-state index >= 15 is 0 Å². The van der Waals surface area contributed by atoms with E-state index < -0.39 is 0 Å². The van der Waals surface area contributed by atoms with Crippen molar-refractivity contribution >= 4 is 21.6 Å². The summed E-state index contributed by atoms with van der Waals surface area (Å²) in [5.74, 6) is -0.242. The number of nitrogens with one attached hydrogen (secondary N) is 1. The summed E-state index contributed by atoms with van der Waals surface area (Å²) in [4.78, 5) is 0. The SMILES string of the molecule is COc1ccc(CNc2cc(F)ccc2Br)c(F)c1. The van der Waals surface area contributed by atoms with Crippen LogP contribution in [0.2, 0.25) is 0 Å². The largest absolute Gasteiger partial charge is 0.497 e. The van der Waals surface area contributed by atoms with Crippen LogP contribution in [0.25, 0.3) is 0 Å². The Morgan fingerprint density at radius 2 is 1.95 bits per heavy atom. The highest BCUT2D eigenvalue weighted by Crippen LogP contribution is 2.24. The molecule has 19 heavy (non-hydrogen) atoms. The van der Waals surface area contributed by atoms with E-state index in [2.05, 4.69) is 21.2 Å². The minimum absolute atomic E-state index is 0.262. The number of ether oxygens (including phenoxy) is 1. The summed E-state index contributed by atoms with van der Waals surface area (Å²) in [5.41, 5.74) is 1.06. The third kappa shape index (κ3) is 3.44. The number of halogens is 3. The fourth-order valence-corrected chi connectivity index (χ4v) is 2.01. The predicted octanol–water partition coefficient (Wildman–Crippen LogP) is 4.35. The van der Waals surface area contributed by atoms with Crippen LogP contribution in [0.15, 0.2) is 40.9 Å². The summed E-state index contributed by atoms with van der Waals surface area (Å²) in [5, 5.41) is 2.98. The molecule has 0 radical (unpaired) electrons. The first kappa shape index (κ1) is 13.8. The number of rotatable bonds is 4. The van der Waals surface area contributed by atoms with Gasteiger partial charge in [-0.3, -0.25) is 0 Å². The molecule has 2 aromatic carbocycles. The van der Waals surface area contributed by atoms with Gasteiger partial charge in [0, 0.05) is 22.6 Å². The number of benzene rings is 2. The van der Waals surface area contributed by atoms with Crippen LogP contribution in [0.4, 0.5) is 14.5 Å². The van der Waals surface area contributed by atoms with Crippen LogP contribution >= 0.6 is 15.9 Å². The third-order valence-electron chi connectivity index (χ3n) is 2.66. The Morgan fingerprint density at radius 3 is 2.63 bits per heavy atom. The Bertz CT molecular complexity index is 590. The maximum absolute atomic E-state index is 13.7. The van der Waals surface area contributed by atoms with Crippen LogP contribution in [-0.2, 0) is 6.54 Å². The summed E-state index contributed by atoms with van der Waals surface area (Å²) in [6.07, 6.45) is 0. The average molecular weight is 328 g/mol. The van der Waals surface area contributed by atoms with Gasteiger partial charge in [-0.15, -0.1) is 0 Å². The van der Waals surface area contributed by atoms with Gasteiger partial charge in [-0.1, -0.05) is 6.07 Å². The van der Waals surface area contributed by atoms with Crippen LogP contribution in [0, 0.1) is 11.6 Å².